The van der Waals surface area contributed by atoms with Crippen LogP contribution in [0.2, 0.25) is 5.02 Å². The van der Waals surface area contributed by atoms with Gasteiger partial charge in [0, 0.05) is 36.3 Å². The van der Waals surface area contributed by atoms with Crippen LogP contribution in [0.4, 0.5) is 21.6 Å². The van der Waals surface area contributed by atoms with E-state index in [4.69, 9.17) is 16.3 Å². The Morgan fingerprint density at radius 2 is 1.75 bits per heavy atom. The molecule has 10 heteroatoms. The fourth-order valence-corrected chi connectivity index (χ4v) is 5.38. The molecule has 3 aromatic rings. The van der Waals surface area contributed by atoms with Gasteiger partial charge in [-0.15, -0.1) is 0 Å². The Morgan fingerprint density at radius 3 is 2.50 bits per heavy atom. The van der Waals surface area contributed by atoms with Gasteiger partial charge >= 0.3 is 0 Å². The number of hydrogen-bond donors (Lipinski definition) is 2. The van der Waals surface area contributed by atoms with Crippen LogP contribution >= 0.6 is 11.6 Å². The van der Waals surface area contributed by atoms with Gasteiger partial charge in [-0.05, 0) is 76.1 Å². The molecule has 2 aliphatic rings. The van der Waals surface area contributed by atoms with Gasteiger partial charge in [-0.25, -0.2) is 14.4 Å². The monoisotopic (exact) mass is 566 g/mol. The van der Waals surface area contributed by atoms with E-state index in [9.17, 15) is 9.18 Å². The van der Waals surface area contributed by atoms with Crippen molar-refractivity contribution in [2.45, 2.75) is 38.5 Å². The summed E-state index contributed by atoms with van der Waals surface area (Å²) >= 11 is 5.97. The van der Waals surface area contributed by atoms with Crippen LogP contribution in [-0.2, 0) is 4.79 Å². The number of aromatic nitrogens is 2. The summed E-state index contributed by atoms with van der Waals surface area (Å²) in [5, 5.41) is 6.88. The zero-order valence-corrected chi connectivity index (χ0v) is 23.4. The molecule has 0 spiro atoms. The number of likely N-dealkylation sites (tertiary alicyclic amines) is 2. The zero-order chi connectivity index (χ0) is 27.7. The first-order valence-electron chi connectivity index (χ1n) is 14.1. The number of nitrogens with one attached hydrogen (secondary N) is 2. The van der Waals surface area contributed by atoms with Crippen LogP contribution in [0.15, 0.2) is 48.8 Å². The lowest BCUT2D eigenvalue weighted by Gasteiger charge is -2.26. The second kappa shape index (κ2) is 13.9. The molecule has 212 valence electrons. The number of ether oxygens (including phenoxy) is 1. The number of benzene rings is 2. The van der Waals surface area contributed by atoms with Gasteiger partial charge in [0.05, 0.1) is 16.2 Å². The Hall–Kier alpha value is -3.27. The van der Waals surface area contributed by atoms with Crippen molar-refractivity contribution in [2.24, 2.45) is 0 Å². The lowest BCUT2D eigenvalue weighted by molar-refractivity contribution is -0.111. The number of anilines is 3. The van der Waals surface area contributed by atoms with E-state index in [1.54, 1.807) is 12.1 Å². The van der Waals surface area contributed by atoms with E-state index in [0.29, 0.717) is 40.5 Å². The highest BCUT2D eigenvalue weighted by Gasteiger charge is 2.15. The van der Waals surface area contributed by atoms with Crippen LogP contribution in [0.1, 0.15) is 38.5 Å². The Morgan fingerprint density at radius 1 is 1.00 bits per heavy atom. The van der Waals surface area contributed by atoms with E-state index in [1.807, 2.05) is 18.2 Å². The van der Waals surface area contributed by atoms with Crippen LogP contribution < -0.4 is 15.4 Å². The van der Waals surface area contributed by atoms with E-state index in [-0.39, 0.29) is 10.9 Å². The van der Waals surface area contributed by atoms with E-state index in [2.05, 4.69) is 30.4 Å². The molecule has 0 atom stereocenters. The summed E-state index contributed by atoms with van der Waals surface area (Å²) in [5.41, 5.74) is 1.77. The van der Waals surface area contributed by atoms with Crippen molar-refractivity contribution < 1.29 is 13.9 Å². The van der Waals surface area contributed by atoms with E-state index >= 15 is 0 Å². The fraction of sp³-hybridized carbons (Fsp3) is 0.433. The largest absolute Gasteiger partial charge is 0.490 e. The van der Waals surface area contributed by atoms with Crippen LogP contribution in [0, 0.1) is 5.82 Å². The summed E-state index contributed by atoms with van der Waals surface area (Å²) in [6.07, 6.45) is 12.3. The van der Waals surface area contributed by atoms with Crippen molar-refractivity contribution in [1.29, 1.82) is 0 Å². The van der Waals surface area contributed by atoms with Crippen LogP contribution in [0.3, 0.4) is 0 Å². The zero-order valence-electron chi connectivity index (χ0n) is 22.7. The number of carbonyl (C=O) groups excluding carboxylic acids is 1. The molecule has 0 bridgehead atoms. The smallest absolute Gasteiger partial charge is 0.248 e. The van der Waals surface area contributed by atoms with Gasteiger partial charge in [-0.3, -0.25) is 14.6 Å². The van der Waals surface area contributed by atoms with E-state index in [0.717, 1.165) is 39.3 Å². The van der Waals surface area contributed by atoms with Gasteiger partial charge in [0.25, 0.3) is 0 Å². The Labute approximate surface area is 239 Å². The second-order valence-corrected chi connectivity index (χ2v) is 10.8. The van der Waals surface area contributed by atoms with Crippen molar-refractivity contribution in [3.63, 3.8) is 0 Å². The Kier molecular flexibility index (Phi) is 9.81. The molecule has 1 aromatic heterocycles. The quantitative estimate of drug-likeness (QED) is 0.291. The van der Waals surface area contributed by atoms with E-state index < -0.39 is 5.82 Å². The lowest BCUT2D eigenvalue weighted by Crippen LogP contribution is -2.33. The summed E-state index contributed by atoms with van der Waals surface area (Å²) in [5.74, 6) is 0.332. The molecular formula is C30H36ClFN6O2. The molecular weight excluding hydrogens is 531 g/mol. The minimum atomic E-state index is -0.496. The second-order valence-electron chi connectivity index (χ2n) is 10.3. The van der Waals surface area contributed by atoms with Gasteiger partial charge in [-0.2, -0.15) is 0 Å². The Balaban J connectivity index is 1.36. The summed E-state index contributed by atoms with van der Waals surface area (Å²) < 4.78 is 19.9. The average molecular weight is 567 g/mol. The first-order valence-corrected chi connectivity index (χ1v) is 14.5. The molecule has 8 nitrogen and oxygen atoms in total. The maximum absolute atomic E-state index is 13.7. The van der Waals surface area contributed by atoms with Crippen LogP contribution in [0.25, 0.3) is 10.9 Å². The third kappa shape index (κ3) is 7.68. The van der Waals surface area contributed by atoms with Gasteiger partial charge in [0.15, 0.2) is 0 Å². The maximum atomic E-state index is 13.7. The molecule has 2 fully saturated rings. The molecule has 0 unspecified atom stereocenters. The number of amides is 1. The third-order valence-corrected chi connectivity index (χ3v) is 7.66. The van der Waals surface area contributed by atoms with Crippen molar-refractivity contribution >= 4 is 45.6 Å². The van der Waals surface area contributed by atoms with Crippen molar-refractivity contribution in [1.82, 2.24) is 19.8 Å². The summed E-state index contributed by atoms with van der Waals surface area (Å²) in [7, 11) is 0. The van der Waals surface area contributed by atoms with Crippen LogP contribution in [-0.4, -0.2) is 71.6 Å². The van der Waals surface area contributed by atoms with Gasteiger partial charge in [-0.1, -0.05) is 30.5 Å². The SMILES string of the molecule is O=C(C=CCN1CCCCC1)Nc1cc2c(Nc3ccc(F)c(Cl)c3)ncnc2cc1OCCN1CCCCC1. The predicted molar refractivity (Wildman–Crippen MR) is 158 cm³/mol. The minimum Gasteiger partial charge on any atom is -0.490 e. The third-order valence-electron chi connectivity index (χ3n) is 7.37. The number of hydrogen-bond acceptors (Lipinski definition) is 7. The summed E-state index contributed by atoms with van der Waals surface area (Å²) in [4.78, 5) is 26.5. The molecule has 40 heavy (non-hydrogen) atoms. The molecule has 0 saturated carbocycles. The van der Waals surface area contributed by atoms with Gasteiger partial charge in [0.1, 0.15) is 30.3 Å². The number of piperidine rings is 2. The first kappa shape index (κ1) is 28.3. The van der Waals surface area contributed by atoms with Gasteiger partial charge < -0.3 is 15.4 Å². The Bertz CT molecular complexity index is 1340. The topological polar surface area (TPSA) is 82.6 Å². The highest BCUT2D eigenvalue weighted by atomic mass is 35.5. The van der Waals surface area contributed by atoms with E-state index in [1.165, 1.54) is 57.0 Å². The molecule has 2 saturated heterocycles. The lowest BCUT2D eigenvalue weighted by atomic mass is 10.1. The maximum Gasteiger partial charge on any atom is 0.248 e. The minimum absolute atomic E-state index is 0.0112. The first-order chi connectivity index (χ1) is 19.5. The predicted octanol–water partition coefficient (Wildman–Crippen LogP) is 6.01. The van der Waals surface area contributed by atoms with Crippen LogP contribution in [0.5, 0.6) is 5.75 Å². The number of halogens is 2. The normalized spacial score (nSPS) is 16.9. The number of carbonyl (C=O) groups is 1. The van der Waals surface area contributed by atoms with Gasteiger partial charge in [0.2, 0.25) is 5.91 Å². The number of rotatable bonds is 10. The summed E-state index contributed by atoms with van der Waals surface area (Å²) in [6, 6.07) is 8.02. The number of nitrogens with zero attached hydrogens (tertiary/aromatic N) is 4. The highest BCUT2D eigenvalue weighted by molar-refractivity contribution is 6.31. The van der Waals surface area contributed by atoms with Crippen molar-refractivity contribution in [3.05, 3.63) is 59.7 Å². The molecule has 2 aromatic carbocycles. The molecule has 0 radical (unpaired) electrons. The van der Waals surface area contributed by atoms with Crippen molar-refractivity contribution in [2.75, 3.05) is 56.5 Å². The molecule has 3 heterocycles. The molecule has 2 N–H and O–H groups in total. The highest BCUT2D eigenvalue weighted by Crippen LogP contribution is 2.34. The molecule has 5 rings (SSSR count). The fourth-order valence-electron chi connectivity index (χ4n) is 5.20. The molecule has 2 aliphatic heterocycles. The number of fused-ring (bicyclic) bond motifs is 1. The molecule has 0 aliphatic carbocycles. The van der Waals surface area contributed by atoms with Crippen molar-refractivity contribution in [3.8, 4) is 5.75 Å². The average Bonchev–Trinajstić information content (AvgIpc) is 2.97. The molecule has 1 amide bonds. The standard InChI is InChI=1S/C30H36ClFN6O2/c31-24-18-22(9-10-25(24)32)35-30-23-19-27(36-29(39)8-7-15-37-11-3-1-4-12-37)28(20-26(23)33-21-34-30)40-17-16-38-13-5-2-6-14-38/h7-10,18-21H,1-6,11-17H2,(H,36,39)(H,33,34,35). The summed E-state index contributed by atoms with van der Waals surface area (Å²) in [6.45, 7) is 6.39.